The maximum atomic E-state index is 13.5. The van der Waals surface area contributed by atoms with Gasteiger partial charge in [-0.1, -0.05) is 93.1 Å². The van der Waals surface area contributed by atoms with Gasteiger partial charge in [0.05, 0.1) is 0 Å². The van der Waals surface area contributed by atoms with Crippen molar-refractivity contribution in [3.8, 4) is 17.2 Å². The highest BCUT2D eigenvalue weighted by Gasteiger charge is 2.15. The number of ether oxygens (including phenoxy) is 3. The fourth-order valence-electron chi connectivity index (χ4n) is 5.97. The molecular weight excluding hydrogens is 732 g/mol. The number of carbonyl (C=O) groups excluding carboxylic acids is 3. The lowest BCUT2D eigenvalue weighted by molar-refractivity contribution is 0.199. The van der Waals surface area contributed by atoms with Crippen molar-refractivity contribution in [2.75, 3.05) is 19.6 Å². The van der Waals surface area contributed by atoms with E-state index in [2.05, 4.69) is 16.0 Å². The minimum absolute atomic E-state index is 0.164. The van der Waals surface area contributed by atoms with Gasteiger partial charge in [0.25, 0.3) is 0 Å². The number of aromatic nitrogens is 3. The average molecular weight is 787 g/mol. The van der Waals surface area contributed by atoms with E-state index in [0.29, 0.717) is 94.7 Å². The minimum Gasteiger partial charge on any atom is -0.410 e. The van der Waals surface area contributed by atoms with Crippen LogP contribution in [0.3, 0.4) is 0 Å². The van der Waals surface area contributed by atoms with Crippen LogP contribution < -0.4 is 47.2 Å². The largest absolute Gasteiger partial charge is 0.412 e. The molecule has 57 heavy (non-hydrogen) atoms. The molecule has 0 saturated carbocycles. The molecule has 4 aromatic rings. The Hall–Kier alpha value is -6.12. The number of rotatable bonds is 24. The molecule has 0 unspecified atom stereocenters. The number of carbonyl (C=O) groups is 3. The molecule has 3 amide bonds. The van der Waals surface area contributed by atoms with Crippen LogP contribution in [0.1, 0.15) is 77.0 Å². The molecule has 0 spiro atoms. The highest BCUT2D eigenvalue weighted by molar-refractivity contribution is 5.71. The summed E-state index contributed by atoms with van der Waals surface area (Å²) in [5.74, 6) is 1.37. The predicted octanol–water partition coefficient (Wildman–Crippen LogP) is 6.22. The van der Waals surface area contributed by atoms with Crippen LogP contribution in [-0.4, -0.2) is 51.6 Å². The Labute approximate surface area is 332 Å². The van der Waals surface area contributed by atoms with Gasteiger partial charge in [-0.2, -0.15) is 0 Å². The fraction of sp³-hybridized carbons (Fsp3) is 0.429. The summed E-state index contributed by atoms with van der Waals surface area (Å²) in [6.45, 7) is 1.76. The zero-order valence-electron chi connectivity index (χ0n) is 32.4. The molecule has 306 valence electrons. The molecule has 1 heterocycles. The lowest BCUT2D eigenvalue weighted by atomic mass is 10.2. The number of para-hydroxylation sites is 3. The molecular formula is C42H54N6O9. The Morgan fingerprint density at radius 2 is 0.614 bits per heavy atom. The first kappa shape index (κ1) is 43.6. The Morgan fingerprint density at radius 3 is 0.877 bits per heavy atom. The topological polar surface area (TPSA) is 181 Å². The van der Waals surface area contributed by atoms with Crippen LogP contribution in [-0.2, 0) is 19.6 Å². The van der Waals surface area contributed by atoms with Crippen LogP contribution in [0.4, 0.5) is 14.4 Å². The van der Waals surface area contributed by atoms with Crippen molar-refractivity contribution in [1.29, 1.82) is 0 Å². The summed E-state index contributed by atoms with van der Waals surface area (Å²) in [5.41, 5.74) is -1.86. The number of nitrogens with zero attached hydrogens (tertiary/aromatic N) is 3. The number of nitrogens with one attached hydrogen (secondary N) is 3. The number of hydrogen-bond donors (Lipinski definition) is 3. The van der Waals surface area contributed by atoms with E-state index in [1.807, 2.05) is 18.2 Å². The number of benzene rings is 3. The van der Waals surface area contributed by atoms with E-state index in [1.54, 1.807) is 72.8 Å². The smallest absolute Gasteiger partial charge is 0.410 e. The van der Waals surface area contributed by atoms with Gasteiger partial charge in [-0.25, -0.2) is 42.5 Å². The number of amides is 3. The molecule has 0 saturated heterocycles. The van der Waals surface area contributed by atoms with Gasteiger partial charge in [0.1, 0.15) is 17.2 Å². The van der Waals surface area contributed by atoms with E-state index in [9.17, 15) is 28.8 Å². The van der Waals surface area contributed by atoms with Gasteiger partial charge in [-0.15, -0.1) is 0 Å². The van der Waals surface area contributed by atoms with E-state index in [-0.39, 0.29) is 19.6 Å². The van der Waals surface area contributed by atoms with Crippen LogP contribution in [0.2, 0.25) is 0 Å². The molecule has 0 aliphatic carbocycles. The Morgan fingerprint density at radius 1 is 0.368 bits per heavy atom. The van der Waals surface area contributed by atoms with Crippen molar-refractivity contribution < 1.29 is 28.6 Å². The van der Waals surface area contributed by atoms with Crippen LogP contribution >= 0.6 is 0 Å². The van der Waals surface area contributed by atoms with Gasteiger partial charge in [-0.05, 0) is 74.9 Å². The minimum atomic E-state index is -0.620. The lowest BCUT2D eigenvalue weighted by Gasteiger charge is -2.14. The quantitative estimate of drug-likeness (QED) is 0.0695. The zero-order chi connectivity index (χ0) is 40.5. The molecule has 0 bridgehead atoms. The van der Waals surface area contributed by atoms with Crippen LogP contribution in [0.5, 0.6) is 17.2 Å². The Balaban J connectivity index is 1.23. The molecule has 0 aliphatic heterocycles. The molecule has 3 N–H and O–H groups in total. The van der Waals surface area contributed by atoms with E-state index in [4.69, 9.17) is 14.2 Å². The van der Waals surface area contributed by atoms with Gasteiger partial charge < -0.3 is 30.2 Å². The Kier molecular flexibility index (Phi) is 19.2. The first-order valence-corrected chi connectivity index (χ1v) is 19.8. The van der Waals surface area contributed by atoms with Crippen molar-refractivity contribution in [3.05, 3.63) is 122 Å². The monoisotopic (exact) mass is 786 g/mol. The maximum Gasteiger partial charge on any atom is 0.412 e. The van der Waals surface area contributed by atoms with E-state index < -0.39 is 35.3 Å². The number of unbranched alkanes of at least 4 members (excludes halogenated alkanes) is 9. The summed E-state index contributed by atoms with van der Waals surface area (Å²) in [6, 6.07) is 26.3. The van der Waals surface area contributed by atoms with Crippen molar-refractivity contribution >= 4 is 18.3 Å². The molecule has 0 atom stereocenters. The summed E-state index contributed by atoms with van der Waals surface area (Å²) in [4.78, 5) is 76.6. The molecule has 0 aliphatic rings. The molecule has 1 aromatic heterocycles. The summed E-state index contributed by atoms with van der Waals surface area (Å²) in [7, 11) is 0. The maximum absolute atomic E-state index is 13.5. The van der Waals surface area contributed by atoms with Gasteiger partial charge in [0.2, 0.25) is 0 Å². The van der Waals surface area contributed by atoms with E-state index in [1.165, 1.54) is 0 Å². The zero-order valence-corrected chi connectivity index (χ0v) is 32.4. The molecule has 15 nitrogen and oxygen atoms in total. The summed E-state index contributed by atoms with van der Waals surface area (Å²) in [6.07, 6.45) is 6.50. The average Bonchev–Trinajstić information content (AvgIpc) is 3.21. The third-order valence-corrected chi connectivity index (χ3v) is 8.98. The van der Waals surface area contributed by atoms with E-state index >= 15 is 0 Å². The second-order valence-electron chi connectivity index (χ2n) is 13.4. The second-order valence-corrected chi connectivity index (χ2v) is 13.4. The third-order valence-electron chi connectivity index (χ3n) is 8.98. The normalized spacial score (nSPS) is 10.7. The lowest BCUT2D eigenvalue weighted by Crippen LogP contribution is -2.54. The highest BCUT2D eigenvalue weighted by atomic mass is 16.6. The molecule has 15 heteroatoms. The summed E-state index contributed by atoms with van der Waals surface area (Å²) in [5, 5.41) is 8.16. The van der Waals surface area contributed by atoms with Gasteiger partial charge in [0, 0.05) is 39.3 Å². The fourth-order valence-corrected chi connectivity index (χ4v) is 5.97. The third kappa shape index (κ3) is 16.3. The summed E-state index contributed by atoms with van der Waals surface area (Å²) < 4.78 is 19.1. The first-order valence-electron chi connectivity index (χ1n) is 19.8. The van der Waals surface area contributed by atoms with Crippen LogP contribution in [0.25, 0.3) is 0 Å². The van der Waals surface area contributed by atoms with E-state index in [0.717, 1.165) is 33.0 Å². The second kappa shape index (κ2) is 25.1. The summed E-state index contributed by atoms with van der Waals surface area (Å²) >= 11 is 0. The first-order chi connectivity index (χ1) is 27.8. The SMILES string of the molecule is O=C(NCCCCCCn1c(=O)n(CCCCCCNC(=O)Oc2ccccc2)c(=O)n(CCCCCCNC(=O)Oc2ccccc2)c1=O)Oc1ccccc1. The van der Waals surface area contributed by atoms with Crippen molar-refractivity contribution in [2.45, 2.75) is 96.7 Å². The Bertz CT molecular complexity index is 1730. The molecule has 0 fully saturated rings. The number of hydrogen-bond acceptors (Lipinski definition) is 9. The standard InChI is InChI=1S/C42H54N6O9/c49-37(55-34-22-10-7-11-23-34)43-28-16-1-4-19-31-46-40(52)47(32-20-5-2-17-29-44-38(50)56-35-24-12-8-13-25-35)42(54)48(41(46)53)33-21-6-3-18-30-45-39(51)57-36-26-14-9-15-27-36/h7-15,22-27H,1-6,16-21,28-33H2,(H,43,49)(H,44,50)(H,45,51). The predicted molar refractivity (Wildman–Crippen MR) is 216 cm³/mol. The van der Waals surface area contributed by atoms with Gasteiger partial charge in [0.15, 0.2) is 0 Å². The van der Waals surface area contributed by atoms with Gasteiger partial charge >= 0.3 is 35.3 Å². The highest BCUT2D eigenvalue weighted by Crippen LogP contribution is 2.10. The van der Waals surface area contributed by atoms with Crippen molar-refractivity contribution in [1.82, 2.24) is 29.7 Å². The van der Waals surface area contributed by atoms with Crippen molar-refractivity contribution in [2.24, 2.45) is 0 Å². The molecule has 4 rings (SSSR count). The van der Waals surface area contributed by atoms with Crippen LogP contribution in [0.15, 0.2) is 105 Å². The van der Waals surface area contributed by atoms with Gasteiger partial charge in [-0.3, -0.25) is 0 Å². The van der Waals surface area contributed by atoms with Crippen LogP contribution in [0, 0.1) is 0 Å². The molecule has 3 aromatic carbocycles. The van der Waals surface area contributed by atoms with Crippen molar-refractivity contribution in [3.63, 3.8) is 0 Å². The molecule has 0 radical (unpaired) electrons.